The molecule has 4 bridgehead atoms. The Hall–Kier alpha value is -2.41. The van der Waals surface area contributed by atoms with E-state index in [9.17, 15) is 30.9 Å². The van der Waals surface area contributed by atoms with Crippen LogP contribution in [0, 0.1) is 35.5 Å². The van der Waals surface area contributed by atoms with E-state index in [-0.39, 0.29) is 42.3 Å². The van der Waals surface area contributed by atoms with Gasteiger partial charge in [0.15, 0.2) is 11.2 Å². The minimum absolute atomic E-state index is 0.00754. The van der Waals surface area contributed by atoms with Gasteiger partial charge >= 0.3 is 20.2 Å². The number of alkyl halides is 6. The van der Waals surface area contributed by atoms with Crippen molar-refractivity contribution in [3.63, 3.8) is 0 Å². The Morgan fingerprint density at radius 3 is 1.53 bits per heavy atom. The second-order valence-corrected chi connectivity index (χ2v) is 18.6. The van der Waals surface area contributed by atoms with Gasteiger partial charge in [0.2, 0.25) is 35.7 Å². The smallest absolute Gasteiger partial charge is 0.456 e. The predicted molar refractivity (Wildman–Crippen MR) is 180 cm³/mol. The molecule has 0 N–H and O–H groups in total. The molecule has 2 saturated carbocycles. The highest BCUT2D eigenvalue weighted by atomic mass is 31.2. The Morgan fingerprint density at radius 1 is 0.667 bits per heavy atom. The van der Waals surface area contributed by atoms with Crippen LogP contribution in [0.2, 0.25) is 0 Å². The monoisotopic (exact) mass is 838 g/mol. The van der Waals surface area contributed by atoms with Crippen LogP contribution in [0.4, 0.5) is 26.3 Å². The van der Waals surface area contributed by atoms with Gasteiger partial charge in [0.25, 0.3) is 0 Å². The van der Waals surface area contributed by atoms with E-state index < -0.39 is 103 Å². The van der Waals surface area contributed by atoms with E-state index in [0.717, 1.165) is 0 Å². The summed E-state index contributed by atoms with van der Waals surface area (Å²) in [5.74, 6) is -8.40. The van der Waals surface area contributed by atoms with Gasteiger partial charge in [0, 0.05) is 47.7 Å². The van der Waals surface area contributed by atoms with E-state index in [1.165, 1.54) is 24.3 Å². The number of rotatable bonds is 8. The molecule has 0 amide bonds. The molecule has 4 unspecified atom stereocenters. The number of hydrogen-bond acceptors (Lipinski definition) is 12. The van der Waals surface area contributed by atoms with Crippen LogP contribution in [-0.4, -0.2) is 60.9 Å². The van der Waals surface area contributed by atoms with Crippen molar-refractivity contribution in [3.05, 3.63) is 53.0 Å². The van der Waals surface area contributed by atoms with Gasteiger partial charge in [0.1, 0.15) is 5.75 Å². The van der Waals surface area contributed by atoms with E-state index in [1.807, 2.05) is 13.8 Å². The number of benzene rings is 1. The molecule has 8 fully saturated rings. The summed E-state index contributed by atoms with van der Waals surface area (Å²) < 4.78 is 145. The van der Waals surface area contributed by atoms with Gasteiger partial charge < -0.3 is 23.5 Å². The summed E-state index contributed by atoms with van der Waals surface area (Å²) in [6.07, 6.45) is -10.0. The lowest BCUT2D eigenvalue weighted by molar-refractivity contribution is -0.557. The molecule has 8 aliphatic heterocycles. The number of para-hydroxylation sites is 1. The lowest BCUT2D eigenvalue weighted by atomic mass is 9.59. The van der Waals surface area contributed by atoms with Crippen molar-refractivity contribution in [1.82, 2.24) is 0 Å². The lowest BCUT2D eigenvalue weighted by Crippen LogP contribution is -2.67. The maximum Gasteiger partial charge on any atom is 0.530 e. The van der Waals surface area contributed by atoms with Crippen molar-refractivity contribution in [1.29, 1.82) is 0 Å². The number of ether oxygens (including phenoxy) is 4. The quantitative estimate of drug-likeness (QED) is 0.141. The van der Waals surface area contributed by atoms with Crippen molar-refractivity contribution < 1.29 is 83.0 Å². The first-order valence-corrected chi connectivity index (χ1v) is 20.9. The van der Waals surface area contributed by atoms with Crippen LogP contribution in [0.5, 0.6) is 5.75 Å². The first-order chi connectivity index (χ1) is 26.8. The van der Waals surface area contributed by atoms with Crippen LogP contribution in [0.25, 0.3) is 0 Å². The summed E-state index contributed by atoms with van der Waals surface area (Å²) in [5.41, 5.74) is -3.91. The van der Waals surface area contributed by atoms with Crippen LogP contribution in [-0.2, 0) is 52.1 Å². The number of fused-ring (bicyclic) bond motifs is 4. The number of hydrogen-bond donors (Lipinski definition) is 0. The van der Waals surface area contributed by atoms with Crippen LogP contribution in [0.15, 0.2) is 53.0 Å². The van der Waals surface area contributed by atoms with Crippen molar-refractivity contribution in [2.75, 3.05) is 13.2 Å². The summed E-state index contributed by atoms with van der Waals surface area (Å²) >= 11 is 0. The van der Waals surface area contributed by atoms with Gasteiger partial charge in [-0.15, -0.1) is 0 Å². The van der Waals surface area contributed by atoms with Gasteiger partial charge in [-0.05, 0) is 76.3 Å². The van der Waals surface area contributed by atoms with E-state index >= 15 is 0 Å². The summed E-state index contributed by atoms with van der Waals surface area (Å²) in [4.78, 5) is 23.5. The van der Waals surface area contributed by atoms with Crippen molar-refractivity contribution >= 4 is 7.82 Å². The SMILES string of the molecule is C[C@@H]1CC[C@H]2C(COP(=O)(OCC3=C(C(F)(F)F)O[C@@H]4OC5(C)CCC6[C@H](C)CC[C@@H]3[C@]64OO5)Oc3ccccc3)=C(C(F)(F)F)O[C@@H]3OC4(C)CCC1[C@]32OO4. The zero-order valence-corrected chi connectivity index (χ0v) is 32.6. The average Bonchev–Trinajstić information content (AvgIpc) is 3.52. The second-order valence-electron chi connectivity index (χ2n) is 17.1. The maximum absolute atomic E-state index is 15.0. The molecule has 12 atom stereocenters. The third-order valence-corrected chi connectivity index (χ3v) is 14.9. The molecule has 57 heavy (non-hydrogen) atoms. The summed E-state index contributed by atoms with van der Waals surface area (Å²) in [6.45, 7) is 5.07. The molecular weight excluding hydrogens is 793 g/mol. The molecule has 11 rings (SSSR count). The fourth-order valence-corrected chi connectivity index (χ4v) is 12.0. The molecule has 0 radical (unpaired) electrons. The fourth-order valence-electron chi connectivity index (χ4n) is 10.8. The third-order valence-electron chi connectivity index (χ3n) is 13.5. The molecule has 8 heterocycles. The molecule has 19 heteroatoms. The summed E-state index contributed by atoms with van der Waals surface area (Å²) in [5, 5.41) is 0. The Bertz CT molecular complexity index is 1750. The van der Waals surface area contributed by atoms with Gasteiger partial charge in [-0.2, -0.15) is 26.3 Å². The molecule has 0 aromatic heterocycles. The van der Waals surface area contributed by atoms with Crippen molar-refractivity contribution in [2.45, 2.75) is 127 Å². The van der Waals surface area contributed by atoms with E-state index in [4.69, 9.17) is 52.1 Å². The molecule has 12 nitrogen and oxygen atoms in total. The van der Waals surface area contributed by atoms with Gasteiger partial charge in [0.05, 0.1) is 13.2 Å². The molecular formula is C38H45F6O12P. The fraction of sp³-hybridized carbons (Fsp3) is 0.737. The average molecular weight is 839 g/mol. The van der Waals surface area contributed by atoms with Gasteiger partial charge in [-0.3, -0.25) is 9.05 Å². The van der Waals surface area contributed by atoms with Gasteiger partial charge in [-0.25, -0.2) is 24.1 Å². The van der Waals surface area contributed by atoms with Crippen molar-refractivity contribution in [2.24, 2.45) is 35.5 Å². The van der Waals surface area contributed by atoms with E-state index in [2.05, 4.69) is 0 Å². The Morgan fingerprint density at radius 2 is 1.11 bits per heavy atom. The number of phosphoric acid groups is 1. The molecule has 2 spiro atoms. The van der Waals surface area contributed by atoms with Crippen LogP contribution in [0.3, 0.4) is 0 Å². The van der Waals surface area contributed by atoms with Crippen LogP contribution < -0.4 is 4.52 Å². The maximum atomic E-state index is 15.0. The van der Waals surface area contributed by atoms with E-state index in [0.29, 0.717) is 38.5 Å². The van der Waals surface area contributed by atoms with Gasteiger partial charge in [-0.1, -0.05) is 32.0 Å². The third kappa shape index (κ3) is 6.46. The van der Waals surface area contributed by atoms with Crippen molar-refractivity contribution in [3.8, 4) is 5.75 Å². The number of allylic oxidation sites excluding steroid dienone is 2. The molecule has 6 saturated heterocycles. The summed E-state index contributed by atoms with van der Waals surface area (Å²) in [6, 6.07) is 7.47. The summed E-state index contributed by atoms with van der Waals surface area (Å²) in [7, 11) is -5.10. The molecule has 10 aliphatic rings. The number of halogens is 6. The Kier molecular flexibility index (Phi) is 9.51. The zero-order chi connectivity index (χ0) is 40.4. The first-order valence-electron chi connectivity index (χ1n) is 19.5. The molecule has 316 valence electrons. The minimum Gasteiger partial charge on any atom is -0.456 e. The zero-order valence-electron chi connectivity index (χ0n) is 31.7. The minimum atomic E-state index is -5.10. The molecule has 2 aliphatic carbocycles. The molecule has 1 aromatic rings. The second kappa shape index (κ2) is 13.5. The highest BCUT2D eigenvalue weighted by molar-refractivity contribution is 7.48. The predicted octanol–water partition coefficient (Wildman–Crippen LogP) is 9.33. The Balaban J connectivity index is 1.08. The first kappa shape index (κ1) is 40.0. The number of phosphoric ester groups is 1. The normalized spacial score (nSPS) is 43.5. The Labute approximate surface area is 324 Å². The highest BCUT2D eigenvalue weighted by Crippen LogP contribution is 2.64. The standard InChI is InChI=1S/C38H45F6O12P/c1-20-10-12-27-23(29(37(39,40)41)48-31-35(27)25(20)14-16-33(3,50-31)53-55-35)18-46-57(45,52-22-8-6-5-7-9-22)47-19-24-28-13-11-21(2)26-15-17-34(4)51-32(36(26,28)56-54-34)49-30(24)38(42,43)44/h5-9,20-21,25-28,31-32H,10-19H2,1-4H3/t20-,21-,25?,26?,27+,28+,31-,32-,33?,34?,35-,36-,57?/m1/s1. The molecule has 1 aromatic carbocycles. The topological polar surface area (TPSA) is 119 Å². The largest absolute Gasteiger partial charge is 0.530 e. The van der Waals surface area contributed by atoms with E-state index in [1.54, 1.807) is 19.9 Å². The lowest BCUT2D eigenvalue weighted by Gasteiger charge is -2.57. The van der Waals surface area contributed by atoms with Crippen LogP contribution >= 0.6 is 7.82 Å². The van der Waals surface area contributed by atoms with Crippen LogP contribution in [0.1, 0.15) is 79.1 Å². The highest BCUT2D eigenvalue weighted by Gasteiger charge is 2.72.